The molecule has 0 aliphatic carbocycles. The van der Waals surface area contributed by atoms with Crippen molar-refractivity contribution in [2.24, 2.45) is 0 Å². The second kappa shape index (κ2) is 5.65. The Morgan fingerprint density at radius 2 is 2.29 bits per heavy atom. The monoisotopic (exact) mass is 297 g/mol. The van der Waals surface area contributed by atoms with E-state index in [0.717, 1.165) is 10.9 Å². The number of carbonyl (C=O) groups excluding carboxylic acids is 1. The zero-order chi connectivity index (χ0) is 12.3. The predicted molar refractivity (Wildman–Crippen MR) is 69.9 cm³/mol. The lowest BCUT2D eigenvalue weighted by molar-refractivity contribution is -0.125. The van der Waals surface area contributed by atoms with Crippen molar-refractivity contribution < 1.29 is 9.53 Å². The molecule has 1 aromatic rings. The summed E-state index contributed by atoms with van der Waals surface area (Å²) in [4.78, 5) is 11.6. The Balaban J connectivity index is 1.83. The van der Waals surface area contributed by atoms with Crippen molar-refractivity contribution in [3.63, 3.8) is 0 Å². The van der Waals surface area contributed by atoms with Crippen LogP contribution >= 0.6 is 15.9 Å². The number of halogens is 1. The van der Waals surface area contributed by atoms with Gasteiger partial charge in [-0.15, -0.1) is 0 Å². The highest BCUT2D eigenvalue weighted by molar-refractivity contribution is 9.10. The van der Waals surface area contributed by atoms with E-state index in [9.17, 15) is 4.79 Å². The van der Waals surface area contributed by atoms with E-state index < -0.39 is 0 Å². The van der Waals surface area contributed by atoms with Crippen molar-refractivity contribution in [3.8, 4) is 0 Å². The Kier molecular flexibility index (Phi) is 4.18. The summed E-state index contributed by atoms with van der Waals surface area (Å²) in [5.74, 6) is 0.109. The molecule has 1 saturated heterocycles. The zero-order valence-corrected chi connectivity index (χ0v) is 11.4. The van der Waals surface area contributed by atoms with Crippen LogP contribution in [-0.2, 0) is 16.0 Å². The van der Waals surface area contributed by atoms with Gasteiger partial charge in [0.05, 0.1) is 19.3 Å². The molecule has 1 heterocycles. The van der Waals surface area contributed by atoms with Crippen LogP contribution in [-0.4, -0.2) is 25.2 Å². The molecule has 3 nitrogen and oxygen atoms in total. The molecule has 0 aromatic heterocycles. The first kappa shape index (κ1) is 12.6. The number of rotatable bonds is 4. The summed E-state index contributed by atoms with van der Waals surface area (Å²) in [6.45, 7) is 3.38. The lowest BCUT2D eigenvalue weighted by Gasteiger charge is -2.26. The molecule has 2 rings (SSSR count). The largest absolute Gasteiger partial charge is 0.377 e. The molecule has 1 aromatic carbocycles. The molecule has 1 amide bonds. The van der Waals surface area contributed by atoms with Crippen molar-refractivity contribution in [2.45, 2.75) is 25.8 Å². The lowest BCUT2D eigenvalue weighted by atomic mass is 10.0. The number of ether oxygens (including phenoxy) is 1. The van der Waals surface area contributed by atoms with Crippen molar-refractivity contribution >= 4 is 21.8 Å². The molecular formula is C13H16BrNO2. The van der Waals surface area contributed by atoms with E-state index in [-0.39, 0.29) is 11.9 Å². The summed E-state index contributed by atoms with van der Waals surface area (Å²) in [6, 6.07) is 6.39. The van der Waals surface area contributed by atoms with Gasteiger partial charge in [0.1, 0.15) is 0 Å². The molecule has 0 bridgehead atoms. The molecule has 1 aliphatic rings. The van der Waals surface area contributed by atoms with Crippen molar-refractivity contribution in [1.29, 1.82) is 0 Å². The first-order valence-electron chi connectivity index (χ1n) is 5.77. The van der Waals surface area contributed by atoms with E-state index >= 15 is 0 Å². The van der Waals surface area contributed by atoms with Crippen molar-refractivity contribution in [1.82, 2.24) is 5.32 Å². The average Bonchev–Trinajstić information content (AvgIpc) is 2.25. The maximum absolute atomic E-state index is 11.6. The van der Waals surface area contributed by atoms with Crippen LogP contribution in [0.4, 0.5) is 0 Å². The van der Waals surface area contributed by atoms with Gasteiger partial charge in [0.15, 0.2) is 0 Å². The van der Waals surface area contributed by atoms with E-state index in [1.165, 1.54) is 11.1 Å². The van der Waals surface area contributed by atoms with Gasteiger partial charge in [0.25, 0.3) is 0 Å². The number of hydrogen-bond donors (Lipinski definition) is 1. The zero-order valence-electron chi connectivity index (χ0n) is 9.83. The second-order valence-electron chi connectivity index (χ2n) is 4.37. The van der Waals surface area contributed by atoms with Gasteiger partial charge >= 0.3 is 0 Å². The SMILES string of the molecule is Cc1ccc(Br)cc1CCC(=O)NC1COC1. The first-order chi connectivity index (χ1) is 8.15. The second-order valence-corrected chi connectivity index (χ2v) is 5.29. The Bertz CT molecular complexity index is 416. The molecular weight excluding hydrogens is 282 g/mol. The summed E-state index contributed by atoms with van der Waals surface area (Å²) in [5.41, 5.74) is 2.45. The van der Waals surface area contributed by atoms with Gasteiger partial charge in [-0.2, -0.15) is 0 Å². The number of carbonyl (C=O) groups is 1. The van der Waals surface area contributed by atoms with Gasteiger partial charge in [-0.1, -0.05) is 22.0 Å². The fourth-order valence-electron chi connectivity index (χ4n) is 1.78. The van der Waals surface area contributed by atoms with E-state index in [1.54, 1.807) is 0 Å². The highest BCUT2D eigenvalue weighted by Crippen LogP contribution is 2.17. The molecule has 0 radical (unpaired) electrons. The van der Waals surface area contributed by atoms with Crippen LogP contribution in [0.5, 0.6) is 0 Å². The maximum Gasteiger partial charge on any atom is 0.220 e. The van der Waals surface area contributed by atoms with Crippen LogP contribution in [0.25, 0.3) is 0 Å². The highest BCUT2D eigenvalue weighted by atomic mass is 79.9. The topological polar surface area (TPSA) is 38.3 Å². The minimum atomic E-state index is 0.109. The molecule has 0 unspecified atom stereocenters. The van der Waals surface area contributed by atoms with E-state index in [2.05, 4.69) is 40.3 Å². The van der Waals surface area contributed by atoms with E-state index in [1.807, 2.05) is 6.07 Å². The molecule has 0 spiro atoms. The van der Waals surface area contributed by atoms with Crippen LogP contribution in [0, 0.1) is 6.92 Å². The van der Waals surface area contributed by atoms with Crippen LogP contribution in [0.1, 0.15) is 17.5 Å². The smallest absolute Gasteiger partial charge is 0.220 e. The van der Waals surface area contributed by atoms with Gasteiger partial charge in [-0.25, -0.2) is 0 Å². The third-order valence-electron chi connectivity index (χ3n) is 2.94. The molecule has 17 heavy (non-hydrogen) atoms. The Morgan fingerprint density at radius 3 is 2.94 bits per heavy atom. The fraction of sp³-hybridized carbons (Fsp3) is 0.462. The predicted octanol–water partition coefficient (Wildman–Crippen LogP) is 2.21. The normalized spacial score (nSPS) is 15.4. The standard InChI is InChI=1S/C13H16BrNO2/c1-9-2-4-11(14)6-10(9)3-5-13(16)15-12-7-17-8-12/h2,4,6,12H,3,5,7-8H2,1H3,(H,15,16). The van der Waals surface area contributed by atoms with Gasteiger partial charge in [0, 0.05) is 10.9 Å². The molecule has 0 saturated carbocycles. The Hall–Kier alpha value is -0.870. The van der Waals surface area contributed by atoms with Gasteiger partial charge < -0.3 is 10.1 Å². The van der Waals surface area contributed by atoms with Gasteiger partial charge in [-0.3, -0.25) is 4.79 Å². The van der Waals surface area contributed by atoms with Crippen LogP contribution in [0.15, 0.2) is 22.7 Å². The lowest BCUT2D eigenvalue weighted by Crippen LogP contribution is -2.48. The minimum Gasteiger partial charge on any atom is -0.377 e. The summed E-state index contributed by atoms with van der Waals surface area (Å²) in [5, 5.41) is 2.95. The maximum atomic E-state index is 11.6. The molecule has 1 fully saturated rings. The minimum absolute atomic E-state index is 0.109. The summed E-state index contributed by atoms with van der Waals surface area (Å²) in [6.07, 6.45) is 1.32. The van der Waals surface area contributed by atoms with E-state index in [4.69, 9.17) is 4.74 Å². The Labute approximate surface area is 110 Å². The first-order valence-corrected chi connectivity index (χ1v) is 6.56. The van der Waals surface area contributed by atoms with Gasteiger partial charge in [0.2, 0.25) is 5.91 Å². The number of hydrogen-bond acceptors (Lipinski definition) is 2. The summed E-state index contributed by atoms with van der Waals surface area (Å²) >= 11 is 3.45. The third kappa shape index (κ3) is 3.54. The number of aryl methyl sites for hydroxylation is 2. The molecule has 1 aliphatic heterocycles. The number of nitrogens with one attached hydrogen (secondary N) is 1. The molecule has 0 atom stereocenters. The Morgan fingerprint density at radius 1 is 1.53 bits per heavy atom. The van der Waals surface area contributed by atoms with E-state index in [0.29, 0.717) is 19.6 Å². The highest BCUT2D eigenvalue weighted by Gasteiger charge is 2.19. The van der Waals surface area contributed by atoms with Crippen molar-refractivity contribution in [2.75, 3.05) is 13.2 Å². The van der Waals surface area contributed by atoms with Crippen molar-refractivity contribution in [3.05, 3.63) is 33.8 Å². The molecule has 92 valence electrons. The van der Waals surface area contributed by atoms with Crippen LogP contribution in [0.2, 0.25) is 0 Å². The molecule has 1 N–H and O–H groups in total. The average molecular weight is 298 g/mol. The molecule has 4 heteroatoms. The van der Waals surface area contributed by atoms with Crippen LogP contribution < -0.4 is 5.32 Å². The fourth-order valence-corrected chi connectivity index (χ4v) is 2.18. The quantitative estimate of drug-likeness (QED) is 0.925. The summed E-state index contributed by atoms with van der Waals surface area (Å²) < 4.78 is 6.07. The third-order valence-corrected chi connectivity index (χ3v) is 3.43. The van der Waals surface area contributed by atoms with Crippen LogP contribution in [0.3, 0.4) is 0 Å². The summed E-state index contributed by atoms with van der Waals surface area (Å²) in [7, 11) is 0. The number of benzene rings is 1. The van der Waals surface area contributed by atoms with Gasteiger partial charge in [-0.05, 0) is 36.6 Å². The number of amides is 1.